The Bertz CT molecular complexity index is 348. The SMILES string of the molecule is CN(C)CC(=O)N1CCN(C(=O)C2COCCN2)CC1. The van der Waals surface area contributed by atoms with Gasteiger partial charge in [0.1, 0.15) is 6.04 Å². The minimum absolute atomic E-state index is 0.0874. The Morgan fingerprint density at radius 1 is 1.20 bits per heavy atom. The van der Waals surface area contributed by atoms with Crippen LogP contribution in [0.2, 0.25) is 0 Å². The summed E-state index contributed by atoms with van der Waals surface area (Å²) in [5.41, 5.74) is 0. The van der Waals surface area contributed by atoms with Crippen molar-refractivity contribution in [1.82, 2.24) is 20.0 Å². The number of amides is 2. The lowest BCUT2D eigenvalue weighted by atomic mass is 10.2. The third-order valence-corrected chi connectivity index (χ3v) is 3.62. The highest BCUT2D eigenvalue weighted by molar-refractivity contribution is 5.83. The number of morpholine rings is 1. The molecule has 20 heavy (non-hydrogen) atoms. The molecule has 2 aliphatic rings. The Kier molecular flexibility index (Phi) is 5.33. The summed E-state index contributed by atoms with van der Waals surface area (Å²) < 4.78 is 5.32. The van der Waals surface area contributed by atoms with Gasteiger partial charge in [0.15, 0.2) is 0 Å². The summed E-state index contributed by atoms with van der Waals surface area (Å²) in [6.07, 6.45) is 0. The molecule has 2 fully saturated rings. The van der Waals surface area contributed by atoms with Gasteiger partial charge >= 0.3 is 0 Å². The third-order valence-electron chi connectivity index (χ3n) is 3.62. The minimum atomic E-state index is -0.229. The van der Waals surface area contributed by atoms with Crippen LogP contribution in [-0.4, -0.2) is 99.1 Å². The smallest absolute Gasteiger partial charge is 0.242 e. The fourth-order valence-corrected chi connectivity index (χ4v) is 2.49. The van der Waals surface area contributed by atoms with Crippen LogP contribution < -0.4 is 5.32 Å². The van der Waals surface area contributed by atoms with Gasteiger partial charge in [-0.2, -0.15) is 0 Å². The summed E-state index contributed by atoms with van der Waals surface area (Å²) in [5, 5.41) is 3.17. The van der Waals surface area contributed by atoms with E-state index in [0.717, 1.165) is 6.54 Å². The Balaban J connectivity index is 1.78. The highest BCUT2D eigenvalue weighted by atomic mass is 16.5. The number of carbonyl (C=O) groups is 2. The molecule has 2 rings (SSSR count). The van der Waals surface area contributed by atoms with Gasteiger partial charge in [-0.25, -0.2) is 0 Å². The molecule has 0 aliphatic carbocycles. The topological polar surface area (TPSA) is 65.1 Å². The summed E-state index contributed by atoms with van der Waals surface area (Å²) in [6.45, 7) is 4.70. The van der Waals surface area contributed by atoms with Crippen LogP contribution >= 0.6 is 0 Å². The molecule has 0 aromatic carbocycles. The van der Waals surface area contributed by atoms with E-state index in [-0.39, 0.29) is 17.9 Å². The predicted octanol–water partition coefficient (Wildman–Crippen LogP) is -1.79. The van der Waals surface area contributed by atoms with Crippen molar-refractivity contribution >= 4 is 11.8 Å². The normalized spacial score (nSPS) is 24.1. The predicted molar refractivity (Wildman–Crippen MR) is 74.3 cm³/mol. The second kappa shape index (κ2) is 7.01. The molecule has 0 aromatic heterocycles. The summed E-state index contributed by atoms with van der Waals surface area (Å²) in [5.74, 6) is 0.214. The average molecular weight is 284 g/mol. The number of piperazine rings is 1. The number of hydrogen-bond acceptors (Lipinski definition) is 5. The highest BCUT2D eigenvalue weighted by Gasteiger charge is 2.29. The molecule has 2 heterocycles. The standard InChI is InChI=1S/C13H24N4O3/c1-15(2)9-12(18)16-4-6-17(7-5-16)13(19)11-10-20-8-3-14-11/h11,14H,3-10H2,1-2H3. The fraction of sp³-hybridized carbons (Fsp3) is 0.846. The van der Waals surface area contributed by atoms with Gasteiger partial charge in [0, 0.05) is 32.7 Å². The number of likely N-dealkylation sites (N-methyl/N-ethyl adjacent to an activating group) is 1. The summed E-state index contributed by atoms with van der Waals surface area (Å²) in [4.78, 5) is 29.7. The molecular weight excluding hydrogens is 260 g/mol. The molecule has 0 aromatic rings. The first-order valence-electron chi connectivity index (χ1n) is 7.10. The Morgan fingerprint density at radius 2 is 1.85 bits per heavy atom. The van der Waals surface area contributed by atoms with Crippen molar-refractivity contribution in [2.45, 2.75) is 6.04 Å². The monoisotopic (exact) mass is 284 g/mol. The summed E-state index contributed by atoms with van der Waals surface area (Å²) in [7, 11) is 3.76. The first-order valence-corrected chi connectivity index (χ1v) is 7.10. The summed E-state index contributed by atoms with van der Waals surface area (Å²) in [6, 6.07) is -0.229. The van der Waals surface area contributed by atoms with Gasteiger partial charge in [-0.3, -0.25) is 9.59 Å². The zero-order valence-electron chi connectivity index (χ0n) is 12.3. The third kappa shape index (κ3) is 3.91. The molecule has 2 aliphatic heterocycles. The van der Waals surface area contributed by atoms with Gasteiger partial charge in [-0.05, 0) is 14.1 Å². The number of carbonyl (C=O) groups excluding carboxylic acids is 2. The lowest BCUT2D eigenvalue weighted by molar-refractivity contribution is -0.142. The molecule has 114 valence electrons. The molecule has 1 unspecified atom stereocenters. The van der Waals surface area contributed by atoms with Crippen LogP contribution in [0.1, 0.15) is 0 Å². The quantitative estimate of drug-likeness (QED) is 0.663. The average Bonchev–Trinajstić information content (AvgIpc) is 2.47. The maximum atomic E-state index is 12.3. The Morgan fingerprint density at radius 3 is 2.40 bits per heavy atom. The fourth-order valence-electron chi connectivity index (χ4n) is 2.49. The number of hydrogen-bond donors (Lipinski definition) is 1. The van der Waals surface area contributed by atoms with Crippen LogP contribution in [0.5, 0.6) is 0 Å². The lowest BCUT2D eigenvalue weighted by Crippen LogP contribution is -2.58. The number of nitrogens with one attached hydrogen (secondary N) is 1. The number of nitrogens with zero attached hydrogens (tertiary/aromatic N) is 3. The van der Waals surface area contributed by atoms with Gasteiger partial charge in [0.05, 0.1) is 19.8 Å². The van der Waals surface area contributed by atoms with Gasteiger partial charge in [-0.1, -0.05) is 0 Å². The largest absolute Gasteiger partial charge is 0.378 e. The van der Waals surface area contributed by atoms with Gasteiger partial charge < -0.3 is 24.8 Å². The lowest BCUT2D eigenvalue weighted by Gasteiger charge is -2.37. The summed E-state index contributed by atoms with van der Waals surface area (Å²) >= 11 is 0. The number of ether oxygens (including phenoxy) is 1. The molecule has 2 amide bonds. The molecule has 0 saturated carbocycles. The van der Waals surface area contributed by atoms with Crippen molar-refractivity contribution in [3.05, 3.63) is 0 Å². The van der Waals surface area contributed by atoms with Crippen molar-refractivity contribution in [2.24, 2.45) is 0 Å². The van der Waals surface area contributed by atoms with Crippen molar-refractivity contribution in [3.63, 3.8) is 0 Å². The molecule has 0 radical (unpaired) electrons. The van der Waals surface area contributed by atoms with E-state index < -0.39 is 0 Å². The van der Waals surface area contributed by atoms with Crippen LogP contribution in [0.4, 0.5) is 0 Å². The second-order valence-corrected chi connectivity index (χ2v) is 5.53. The zero-order chi connectivity index (χ0) is 14.5. The van der Waals surface area contributed by atoms with E-state index in [1.54, 1.807) is 0 Å². The van der Waals surface area contributed by atoms with Crippen LogP contribution in [0.3, 0.4) is 0 Å². The van der Waals surface area contributed by atoms with Crippen molar-refractivity contribution in [1.29, 1.82) is 0 Å². The van der Waals surface area contributed by atoms with Crippen LogP contribution in [0.25, 0.3) is 0 Å². The molecule has 1 N–H and O–H groups in total. The molecule has 2 saturated heterocycles. The molecule has 0 spiro atoms. The molecule has 7 heteroatoms. The highest BCUT2D eigenvalue weighted by Crippen LogP contribution is 2.06. The molecule has 0 bridgehead atoms. The van der Waals surface area contributed by atoms with Crippen LogP contribution in [-0.2, 0) is 14.3 Å². The molecule has 1 atom stereocenters. The van der Waals surface area contributed by atoms with E-state index in [9.17, 15) is 9.59 Å². The molecular formula is C13H24N4O3. The van der Waals surface area contributed by atoms with Crippen molar-refractivity contribution in [3.8, 4) is 0 Å². The Labute approximate surface area is 119 Å². The van der Waals surface area contributed by atoms with E-state index in [0.29, 0.717) is 45.9 Å². The van der Waals surface area contributed by atoms with Crippen molar-refractivity contribution < 1.29 is 14.3 Å². The van der Waals surface area contributed by atoms with Crippen LogP contribution in [0, 0.1) is 0 Å². The second-order valence-electron chi connectivity index (χ2n) is 5.53. The zero-order valence-corrected chi connectivity index (χ0v) is 12.3. The van der Waals surface area contributed by atoms with Crippen LogP contribution in [0.15, 0.2) is 0 Å². The number of rotatable bonds is 3. The first-order chi connectivity index (χ1) is 9.58. The van der Waals surface area contributed by atoms with E-state index in [2.05, 4.69) is 5.32 Å². The van der Waals surface area contributed by atoms with Gasteiger partial charge in [-0.15, -0.1) is 0 Å². The van der Waals surface area contributed by atoms with E-state index in [4.69, 9.17) is 4.74 Å². The van der Waals surface area contributed by atoms with Gasteiger partial charge in [0.25, 0.3) is 0 Å². The molecule has 7 nitrogen and oxygen atoms in total. The first kappa shape index (κ1) is 15.2. The minimum Gasteiger partial charge on any atom is -0.378 e. The van der Waals surface area contributed by atoms with E-state index in [1.165, 1.54) is 0 Å². The maximum Gasteiger partial charge on any atom is 0.242 e. The maximum absolute atomic E-state index is 12.3. The van der Waals surface area contributed by atoms with Crippen molar-refractivity contribution in [2.75, 3.05) is 66.6 Å². The Hall–Kier alpha value is -1.18. The van der Waals surface area contributed by atoms with Gasteiger partial charge in [0.2, 0.25) is 11.8 Å². The van der Waals surface area contributed by atoms with E-state index in [1.807, 2.05) is 28.8 Å². The van der Waals surface area contributed by atoms with E-state index >= 15 is 0 Å².